The molecule has 2 aliphatic carbocycles. The van der Waals surface area contributed by atoms with Gasteiger partial charge < -0.3 is 39.7 Å². The van der Waals surface area contributed by atoms with Crippen LogP contribution in [0.5, 0.6) is 5.75 Å². The second kappa shape index (κ2) is 17.7. The lowest BCUT2D eigenvalue weighted by molar-refractivity contribution is -0.203. The van der Waals surface area contributed by atoms with Crippen LogP contribution in [0, 0.1) is 17.3 Å². The molecule has 15 heteroatoms. The molecule has 1 amide bonds. The third-order valence-electron chi connectivity index (χ3n) is 17.2. The molecule has 4 N–H and O–H groups in total. The number of aliphatic hydroxyl groups excluding tert-OH is 1. The maximum Gasteiger partial charge on any atom is 0.325 e. The van der Waals surface area contributed by atoms with Gasteiger partial charge in [0, 0.05) is 78.9 Å². The molecule has 9 rings (SSSR count). The van der Waals surface area contributed by atoms with E-state index in [0.29, 0.717) is 81.8 Å². The van der Waals surface area contributed by atoms with E-state index in [1.54, 1.807) is 28.7 Å². The van der Waals surface area contributed by atoms with Gasteiger partial charge in [0.25, 0.3) is 5.91 Å². The van der Waals surface area contributed by atoms with Crippen LogP contribution in [0.3, 0.4) is 0 Å². The minimum Gasteiger partial charge on any atom is -0.496 e. The van der Waals surface area contributed by atoms with Crippen LogP contribution in [0.1, 0.15) is 82.1 Å². The number of hydrogen-bond acceptors (Lipinski definition) is 14. The van der Waals surface area contributed by atoms with Crippen LogP contribution in [0.25, 0.3) is 5.57 Å². The molecule has 0 aromatic heterocycles. The van der Waals surface area contributed by atoms with Crippen molar-refractivity contribution >= 4 is 50.7 Å². The van der Waals surface area contributed by atoms with Gasteiger partial charge in [0.1, 0.15) is 30.4 Å². The number of ether oxygens (including phenoxy) is 3. The predicted molar refractivity (Wildman–Crippen MR) is 259 cm³/mol. The number of piperidine rings is 1. The molecule has 3 fully saturated rings. The lowest BCUT2D eigenvalue weighted by atomic mass is 9.47. The van der Waals surface area contributed by atoms with Gasteiger partial charge in [-0.2, -0.15) is 0 Å². The largest absolute Gasteiger partial charge is 0.496 e. The van der Waals surface area contributed by atoms with E-state index in [1.165, 1.54) is 7.11 Å². The molecule has 7 aliphatic rings. The average molecular weight is 945 g/mol. The lowest BCUT2D eigenvalue weighted by Gasteiger charge is -2.63. The SMILES string of the molecule is CCSSCCOC(=O)CNC(=O)[C@@]1(O)[C@H](O)[C@]2(CC)C=CCN3CC[C@@]4(c5cc([C@]6(C(=O)OC)C7=C(CCN8C[C@H](C[C@@](O)(CC)C8)C6C)c6ccccc6C7)c(OC)cc5N(C)[C@@H]14)[C@@H]32. The number of amides is 1. The van der Waals surface area contributed by atoms with E-state index >= 15 is 4.79 Å². The minimum atomic E-state index is -2.41. The van der Waals surface area contributed by atoms with Gasteiger partial charge in [-0.1, -0.05) is 85.7 Å². The Labute approximate surface area is 397 Å². The maximum atomic E-state index is 15.7. The van der Waals surface area contributed by atoms with Gasteiger partial charge in [0.2, 0.25) is 0 Å². The number of fused-ring (bicyclic) bond motifs is 5. The topological polar surface area (TPSA) is 161 Å². The third-order valence-corrected chi connectivity index (χ3v) is 19.7. The van der Waals surface area contributed by atoms with Crippen LogP contribution in [-0.2, 0) is 41.1 Å². The first-order valence-corrected chi connectivity index (χ1v) is 26.5. The Morgan fingerprint density at radius 1 is 1.00 bits per heavy atom. The van der Waals surface area contributed by atoms with Crippen LogP contribution in [0.2, 0.25) is 0 Å². The van der Waals surface area contributed by atoms with Crippen molar-refractivity contribution in [2.45, 2.75) is 106 Å². The molecule has 2 aromatic rings. The summed E-state index contributed by atoms with van der Waals surface area (Å²) in [5, 5.41) is 41.2. The summed E-state index contributed by atoms with van der Waals surface area (Å²) in [6, 6.07) is 11.2. The van der Waals surface area contributed by atoms with Crippen molar-refractivity contribution in [2.75, 3.05) is 83.5 Å². The number of esters is 2. The van der Waals surface area contributed by atoms with Gasteiger partial charge in [-0.25, -0.2) is 0 Å². The first-order valence-electron chi connectivity index (χ1n) is 24.0. The Kier molecular flexibility index (Phi) is 12.8. The summed E-state index contributed by atoms with van der Waals surface area (Å²) < 4.78 is 18.0. The summed E-state index contributed by atoms with van der Waals surface area (Å²) in [4.78, 5) is 50.3. The van der Waals surface area contributed by atoms with Gasteiger partial charge in [0.05, 0.1) is 25.9 Å². The number of nitrogens with one attached hydrogen (secondary N) is 1. The average Bonchev–Trinajstić information content (AvgIpc) is 3.98. The number of anilines is 1. The lowest BCUT2D eigenvalue weighted by Crippen LogP contribution is -2.81. The summed E-state index contributed by atoms with van der Waals surface area (Å²) >= 11 is 0. The van der Waals surface area contributed by atoms with Gasteiger partial charge in [-0.15, -0.1) is 0 Å². The zero-order chi connectivity index (χ0) is 47.0. The van der Waals surface area contributed by atoms with Crippen LogP contribution < -0.4 is 15.0 Å². The van der Waals surface area contributed by atoms with Crippen molar-refractivity contribution in [3.05, 3.63) is 76.4 Å². The summed E-state index contributed by atoms with van der Waals surface area (Å²) in [5.74, 6) is -0.350. The molecule has 66 heavy (non-hydrogen) atoms. The quantitative estimate of drug-likeness (QED) is 0.0932. The Morgan fingerprint density at radius 3 is 2.52 bits per heavy atom. The summed E-state index contributed by atoms with van der Waals surface area (Å²) in [6.45, 7) is 11.2. The molecule has 1 saturated carbocycles. The molecule has 11 atom stereocenters. The highest BCUT2D eigenvalue weighted by Crippen LogP contribution is 2.68. The summed E-state index contributed by atoms with van der Waals surface area (Å²) in [5.41, 5.74) is -0.126. The zero-order valence-corrected chi connectivity index (χ0v) is 41.2. The molecule has 2 unspecified atom stereocenters. The molecule has 5 aliphatic heterocycles. The van der Waals surface area contributed by atoms with E-state index in [-0.39, 0.29) is 24.5 Å². The molecular formula is C51H68N4O9S2. The normalized spacial score (nSPS) is 36.2. The van der Waals surface area contributed by atoms with E-state index < -0.39 is 64.0 Å². The van der Waals surface area contributed by atoms with E-state index in [9.17, 15) is 24.9 Å². The van der Waals surface area contributed by atoms with E-state index in [4.69, 9.17) is 14.2 Å². The molecule has 358 valence electrons. The third kappa shape index (κ3) is 6.78. The van der Waals surface area contributed by atoms with Gasteiger partial charge in [-0.3, -0.25) is 24.2 Å². The highest BCUT2D eigenvalue weighted by molar-refractivity contribution is 8.76. The van der Waals surface area contributed by atoms with Crippen molar-refractivity contribution in [1.82, 2.24) is 15.1 Å². The smallest absolute Gasteiger partial charge is 0.325 e. The number of carbonyl (C=O) groups excluding carboxylic acids is 3. The number of carbonyl (C=O) groups is 3. The Morgan fingerprint density at radius 2 is 1.79 bits per heavy atom. The first-order chi connectivity index (χ1) is 31.7. The highest BCUT2D eigenvalue weighted by atomic mass is 33.1. The fourth-order valence-electron chi connectivity index (χ4n) is 14.4. The van der Waals surface area contributed by atoms with E-state index in [2.05, 4.69) is 59.3 Å². The Bertz CT molecular complexity index is 2330. The fourth-order valence-corrected chi connectivity index (χ4v) is 15.9. The van der Waals surface area contributed by atoms with E-state index in [0.717, 1.165) is 45.8 Å². The number of nitrogens with zero attached hydrogens (tertiary/aromatic N) is 3. The summed E-state index contributed by atoms with van der Waals surface area (Å²) in [7, 11) is 8.22. The second-order valence-corrected chi connectivity index (χ2v) is 22.8. The number of aliphatic hydroxyl groups is 3. The van der Waals surface area contributed by atoms with E-state index in [1.807, 2.05) is 44.0 Å². The highest BCUT2D eigenvalue weighted by Gasteiger charge is 2.79. The molecule has 2 bridgehead atoms. The fraction of sp³-hybridized carbons (Fsp3) is 0.627. The molecule has 2 aromatic carbocycles. The van der Waals surface area contributed by atoms with Crippen molar-refractivity contribution in [3.8, 4) is 5.75 Å². The van der Waals surface area contributed by atoms with Crippen LogP contribution in [0.15, 0.2) is 54.1 Å². The zero-order valence-electron chi connectivity index (χ0n) is 39.6. The Balaban J connectivity index is 1.25. The number of rotatable bonds is 13. The number of likely N-dealkylation sites (N-methyl/N-ethyl adjacent to an activating group) is 1. The van der Waals surface area contributed by atoms with Crippen molar-refractivity contribution in [1.29, 1.82) is 0 Å². The number of hydrogen-bond donors (Lipinski definition) is 4. The van der Waals surface area contributed by atoms with Gasteiger partial charge in [0.15, 0.2) is 5.60 Å². The van der Waals surface area contributed by atoms with Crippen LogP contribution >= 0.6 is 21.6 Å². The van der Waals surface area contributed by atoms with Crippen molar-refractivity contribution in [2.24, 2.45) is 17.3 Å². The second-order valence-electron chi connectivity index (χ2n) is 19.9. The molecule has 13 nitrogen and oxygen atoms in total. The van der Waals surface area contributed by atoms with Crippen molar-refractivity contribution in [3.63, 3.8) is 0 Å². The van der Waals surface area contributed by atoms with Gasteiger partial charge in [-0.05, 0) is 90.8 Å². The first kappa shape index (κ1) is 47.5. The standard InChI is InChI=1S/C51H68N4O9S2/c1-8-47(60)27-33-29-54(30-47)20-16-35-34-15-12-11-14-32(34)24-36(35)50(31(33)4,46(59)63-7)38-25-37-39(26-40(38)62-6)53(5)43-49(37)18-21-55-19-13-17-48(9-2,42(49)55)44(57)51(43,61)45(58)52-28-41(56)64-22-23-66-65-10-3/h11-15,17,25-26,31,33,42-44,57,60-61H,8-10,16,18-24,27-30H2,1-7H3,(H,52,58)/t31?,33-,42-,43+,44+,47-,48+,49+,50+,51-/m0/s1. The van der Waals surface area contributed by atoms with Crippen molar-refractivity contribution < 1.29 is 43.9 Å². The molecule has 2 saturated heterocycles. The molecular weight excluding hydrogens is 877 g/mol. The number of methoxy groups -OCH3 is 2. The molecule has 1 spiro atoms. The van der Waals surface area contributed by atoms with Crippen LogP contribution in [-0.4, -0.2) is 151 Å². The number of benzene rings is 2. The van der Waals surface area contributed by atoms with Crippen LogP contribution in [0.4, 0.5) is 5.69 Å². The monoisotopic (exact) mass is 944 g/mol. The molecule has 5 heterocycles. The van der Waals surface area contributed by atoms with Gasteiger partial charge >= 0.3 is 11.9 Å². The Hall–Kier alpha value is -3.57. The predicted octanol–water partition coefficient (Wildman–Crippen LogP) is 4.88. The molecule has 0 radical (unpaired) electrons. The minimum absolute atomic E-state index is 0.109. The maximum absolute atomic E-state index is 15.7. The summed E-state index contributed by atoms with van der Waals surface area (Å²) in [6.07, 6.45) is 5.78.